The Kier molecular flexibility index (Phi) is 7.82. The molecule has 0 aliphatic carbocycles. The Hall–Kier alpha value is -2.52. The zero-order valence-electron chi connectivity index (χ0n) is 22.6. The number of ether oxygens (including phenoxy) is 2. The van der Waals surface area contributed by atoms with E-state index in [1.54, 1.807) is 0 Å². The number of anilines is 2. The average molecular weight is 709 g/mol. The Bertz CT molecular complexity index is 1960. The number of alkyl halides is 1. The number of nitrogens with one attached hydrogen (secondary N) is 1. The van der Waals surface area contributed by atoms with Crippen LogP contribution in [0.2, 0.25) is 0 Å². The number of halogens is 2. The summed E-state index contributed by atoms with van der Waals surface area (Å²) in [6.07, 6.45) is -5.71. The van der Waals surface area contributed by atoms with Crippen molar-refractivity contribution in [3.05, 3.63) is 41.0 Å². The number of H-pyrrole nitrogens is 1. The molecule has 0 spiro atoms. The maximum absolute atomic E-state index is 15.9. The number of hydrogen-bond acceptors (Lipinski definition) is 14. The van der Waals surface area contributed by atoms with E-state index < -0.39 is 81.1 Å². The third kappa shape index (κ3) is 5.70. The molecule has 7 N–H and O–H groups in total. The highest BCUT2D eigenvalue weighted by atomic mass is 32.5. The van der Waals surface area contributed by atoms with Gasteiger partial charge in [-0.1, -0.05) is 0 Å². The molecule has 3 aliphatic heterocycles. The summed E-state index contributed by atoms with van der Waals surface area (Å²) >= 11 is 10.4. The molecule has 0 radical (unpaired) electrons. The second kappa shape index (κ2) is 11.3. The predicted octanol–water partition coefficient (Wildman–Crippen LogP) is 1.25. The lowest BCUT2D eigenvalue weighted by atomic mass is 10.1. The van der Waals surface area contributed by atoms with E-state index >= 15 is 4.39 Å². The molecule has 0 amide bonds. The van der Waals surface area contributed by atoms with Crippen LogP contribution < -0.4 is 17.0 Å². The summed E-state index contributed by atoms with van der Waals surface area (Å²) < 4.78 is 67.6. The topological polar surface area (TPSA) is 229 Å². The summed E-state index contributed by atoms with van der Waals surface area (Å²) in [4.78, 5) is 48.9. The van der Waals surface area contributed by atoms with Gasteiger partial charge in [0.1, 0.15) is 30.2 Å². The molecule has 9 atom stereocenters. The first-order chi connectivity index (χ1) is 21.3. The monoisotopic (exact) mass is 708 g/mol. The van der Waals surface area contributed by atoms with E-state index in [0.29, 0.717) is 0 Å². The van der Waals surface area contributed by atoms with Crippen LogP contribution >= 0.6 is 13.4 Å². The lowest BCUT2D eigenvalue weighted by Crippen LogP contribution is -2.32. The Labute approximate surface area is 260 Å². The minimum atomic E-state index is -4.25. The summed E-state index contributed by atoms with van der Waals surface area (Å²) in [6.45, 7) is -9.43. The number of fused-ring (bicyclic) bond motifs is 5. The van der Waals surface area contributed by atoms with Crippen LogP contribution in [0.5, 0.6) is 0 Å². The highest BCUT2D eigenvalue weighted by molar-refractivity contribution is 8.07. The fourth-order valence-electron chi connectivity index (χ4n) is 5.52. The van der Waals surface area contributed by atoms with E-state index in [4.69, 9.17) is 62.6 Å². The minimum absolute atomic E-state index is 0.00449. The molecule has 2 unspecified atom stereocenters. The second-order valence-corrected chi connectivity index (χ2v) is 16.0. The van der Waals surface area contributed by atoms with Crippen molar-refractivity contribution in [1.29, 1.82) is 0 Å². The maximum atomic E-state index is 15.9. The molecular weight excluding hydrogens is 684 g/mol. The van der Waals surface area contributed by atoms with Crippen molar-refractivity contribution in [2.45, 2.75) is 49.5 Å². The average Bonchev–Trinajstić information content (AvgIpc) is 3.71. The van der Waals surface area contributed by atoms with Crippen molar-refractivity contribution in [1.82, 2.24) is 29.1 Å². The van der Waals surface area contributed by atoms with Crippen molar-refractivity contribution in [3.8, 4) is 0 Å². The van der Waals surface area contributed by atoms with Crippen LogP contribution in [-0.2, 0) is 51.2 Å². The molecule has 17 nitrogen and oxygen atoms in total. The first-order valence-corrected chi connectivity index (χ1v) is 18.4. The standard InChI is InChI=1S/C22H24F2N8O9P2S2/c23-8-4-31(18-14(8)9(25)1-2-27-18)13-3-10-11(38-13)5-36-43(35,45)41-17-15(24)12(6-37-42(34,44)40-10)39-21(17)32-7-28-16-19(32)29-22(26)30-20(16)33/h1-2,4,7,10-13,15,17,21H,3,5-6H2,(H2,25,27)(H,34,44)(H,35,45)(H3,26,29,30,33)/t10-,11+,12+,13+,15+,17+,21+,42?,43?/m0/s1. The number of rotatable bonds is 2. The van der Waals surface area contributed by atoms with Gasteiger partial charge in [0.2, 0.25) is 5.95 Å². The van der Waals surface area contributed by atoms with E-state index in [-0.39, 0.29) is 40.3 Å². The molecule has 2 bridgehead atoms. The van der Waals surface area contributed by atoms with E-state index in [0.717, 1.165) is 12.5 Å². The number of aromatic nitrogens is 6. The summed E-state index contributed by atoms with van der Waals surface area (Å²) in [7, 11) is 0. The van der Waals surface area contributed by atoms with Crippen LogP contribution in [0.15, 0.2) is 29.6 Å². The van der Waals surface area contributed by atoms with Crippen LogP contribution in [0.25, 0.3) is 22.2 Å². The molecule has 0 saturated carbocycles. The maximum Gasteiger partial charge on any atom is 0.325 e. The van der Waals surface area contributed by atoms with Crippen LogP contribution in [-0.4, -0.2) is 82.7 Å². The zero-order chi connectivity index (χ0) is 31.8. The highest BCUT2D eigenvalue weighted by Crippen LogP contribution is 2.54. The van der Waals surface area contributed by atoms with E-state index in [9.17, 15) is 19.0 Å². The SMILES string of the molecule is Nc1nc2c(ncn2[C@@H]2O[C@@H]3COP(O)(=S)O[C@H]4C[C@H](n5cc(F)c6c(N)ccnc65)O[C@@H]4COP(O)(=S)O[C@@H]2[C@@H]3F)c(=O)[nH]1. The smallest absolute Gasteiger partial charge is 0.325 e. The quantitative estimate of drug-likeness (QED) is 0.185. The fraction of sp³-hybridized carbons (Fsp3) is 0.455. The van der Waals surface area contributed by atoms with Crippen molar-refractivity contribution in [2.24, 2.45) is 0 Å². The van der Waals surface area contributed by atoms with Gasteiger partial charge in [0, 0.05) is 24.5 Å². The number of aromatic amines is 1. The molecule has 7 rings (SSSR count). The molecule has 45 heavy (non-hydrogen) atoms. The van der Waals surface area contributed by atoms with Crippen LogP contribution in [0, 0.1) is 5.82 Å². The number of nitrogen functional groups attached to an aromatic ring is 2. The number of hydrogen-bond donors (Lipinski definition) is 5. The van der Waals surface area contributed by atoms with Gasteiger partial charge in [-0.3, -0.25) is 18.9 Å². The molecule has 23 heteroatoms. The zero-order valence-corrected chi connectivity index (χ0v) is 26.0. The van der Waals surface area contributed by atoms with Gasteiger partial charge in [-0.2, -0.15) is 4.98 Å². The summed E-state index contributed by atoms with van der Waals surface area (Å²) in [5.41, 5.74) is 11.1. The van der Waals surface area contributed by atoms with Gasteiger partial charge in [-0.25, -0.2) is 18.7 Å². The molecule has 7 heterocycles. The Morgan fingerprint density at radius 1 is 1.02 bits per heavy atom. The molecule has 4 aromatic rings. The molecule has 3 fully saturated rings. The fourth-order valence-corrected chi connectivity index (χ4v) is 8.40. The van der Waals surface area contributed by atoms with Gasteiger partial charge in [-0.05, 0) is 29.7 Å². The third-order valence-electron chi connectivity index (χ3n) is 7.51. The van der Waals surface area contributed by atoms with Gasteiger partial charge in [0.25, 0.3) is 5.56 Å². The van der Waals surface area contributed by atoms with Crippen molar-refractivity contribution in [3.63, 3.8) is 0 Å². The lowest BCUT2D eigenvalue weighted by Gasteiger charge is -2.27. The van der Waals surface area contributed by atoms with E-state index in [1.165, 1.54) is 21.4 Å². The van der Waals surface area contributed by atoms with Crippen molar-refractivity contribution < 1.29 is 46.1 Å². The first-order valence-electron chi connectivity index (χ1n) is 13.2. The van der Waals surface area contributed by atoms with Gasteiger partial charge in [0.05, 0.1) is 31.0 Å². The normalized spacial score (nSPS) is 36.0. The molecule has 242 valence electrons. The minimum Gasteiger partial charge on any atom is -0.398 e. The van der Waals surface area contributed by atoms with Crippen molar-refractivity contribution >= 4 is 70.9 Å². The summed E-state index contributed by atoms with van der Waals surface area (Å²) in [6, 6.07) is 1.45. The van der Waals surface area contributed by atoms with E-state index in [1.807, 2.05) is 0 Å². The van der Waals surface area contributed by atoms with Crippen LogP contribution in [0.4, 0.5) is 20.4 Å². The predicted molar refractivity (Wildman–Crippen MR) is 159 cm³/mol. The van der Waals surface area contributed by atoms with Gasteiger partial charge in [0.15, 0.2) is 29.4 Å². The number of imidazole rings is 1. The lowest BCUT2D eigenvalue weighted by molar-refractivity contribution is -0.0596. The van der Waals surface area contributed by atoms with Crippen LogP contribution in [0.3, 0.4) is 0 Å². The Balaban J connectivity index is 1.19. The van der Waals surface area contributed by atoms with Crippen LogP contribution in [0.1, 0.15) is 18.9 Å². The number of pyridine rings is 1. The molecule has 0 aromatic carbocycles. The highest BCUT2D eigenvalue weighted by Gasteiger charge is 2.51. The summed E-state index contributed by atoms with van der Waals surface area (Å²) in [5, 5.41) is 0.0919. The molecule has 4 aromatic heterocycles. The Morgan fingerprint density at radius 3 is 2.53 bits per heavy atom. The number of nitrogens with two attached hydrogens (primary N) is 2. The molecule has 3 aliphatic rings. The van der Waals surface area contributed by atoms with Gasteiger partial charge < -0.3 is 48.9 Å². The molecule has 3 saturated heterocycles. The second-order valence-electron chi connectivity index (χ2n) is 10.4. The van der Waals surface area contributed by atoms with Gasteiger partial charge >= 0.3 is 13.4 Å². The largest absolute Gasteiger partial charge is 0.398 e. The molecular formula is C22H24F2N8O9P2S2. The van der Waals surface area contributed by atoms with Crippen molar-refractivity contribution in [2.75, 3.05) is 24.7 Å². The van der Waals surface area contributed by atoms with Gasteiger partial charge in [-0.15, -0.1) is 0 Å². The Morgan fingerprint density at radius 2 is 1.76 bits per heavy atom. The summed E-state index contributed by atoms with van der Waals surface area (Å²) in [5.74, 6) is -0.871. The third-order valence-corrected chi connectivity index (χ3v) is 10.7. The number of nitrogens with zero attached hydrogens (tertiary/aromatic N) is 5. The van der Waals surface area contributed by atoms with E-state index in [2.05, 4.69) is 19.9 Å². The first kappa shape index (κ1) is 31.1.